The summed E-state index contributed by atoms with van der Waals surface area (Å²) in [5.74, 6) is 0.215. The zero-order chi connectivity index (χ0) is 16.8. The van der Waals surface area contributed by atoms with E-state index in [9.17, 15) is 9.59 Å². The molecule has 0 saturated carbocycles. The lowest BCUT2D eigenvalue weighted by Gasteiger charge is -2.11. The van der Waals surface area contributed by atoms with Crippen LogP contribution < -0.4 is 11.1 Å². The van der Waals surface area contributed by atoms with Crippen molar-refractivity contribution in [3.63, 3.8) is 0 Å². The van der Waals surface area contributed by atoms with Crippen LogP contribution >= 0.6 is 11.8 Å². The van der Waals surface area contributed by atoms with E-state index in [4.69, 9.17) is 5.73 Å². The Morgan fingerprint density at radius 1 is 1.39 bits per heavy atom. The first-order valence-corrected chi connectivity index (χ1v) is 7.77. The van der Waals surface area contributed by atoms with E-state index in [1.54, 1.807) is 13.0 Å². The fourth-order valence-corrected chi connectivity index (χ4v) is 2.76. The molecule has 0 saturated heterocycles. The van der Waals surface area contributed by atoms with Crippen molar-refractivity contribution in [3.8, 4) is 11.4 Å². The average molecular weight is 331 g/mol. The third-order valence-corrected chi connectivity index (χ3v) is 4.04. The van der Waals surface area contributed by atoms with Crippen molar-refractivity contribution >= 4 is 23.7 Å². The normalized spacial score (nSPS) is 11.7. The van der Waals surface area contributed by atoms with Gasteiger partial charge < -0.3 is 5.73 Å². The minimum absolute atomic E-state index is 0.475. The topological polar surface area (TPSA) is 103 Å². The fourth-order valence-electron chi connectivity index (χ4n) is 1.91. The summed E-state index contributed by atoms with van der Waals surface area (Å²) in [7, 11) is 0. The number of allylic oxidation sites excluding steroid dienone is 1. The Kier molecular flexibility index (Phi) is 5.53. The smallest absolute Gasteiger partial charge is 0.318 e. The molecule has 1 heterocycles. The van der Waals surface area contributed by atoms with Crippen LogP contribution in [0.2, 0.25) is 0 Å². The lowest BCUT2D eigenvalue weighted by Crippen LogP contribution is -2.39. The number of rotatable bonds is 6. The van der Waals surface area contributed by atoms with E-state index < -0.39 is 17.2 Å². The number of hydrogen-bond acceptors (Lipinski definition) is 5. The zero-order valence-corrected chi connectivity index (χ0v) is 13.4. The molecule has 3 amide bonds. The van der Waals surface area contributed by atoms with Crippen LogP contribution in [0.5, 0.6) is 0 Å². The summed E-state index contributed by atoms with van der Waals surface area (Å²) in [6.07, 6.45) is 1.73. The number of amides is 3. The van der Waals surface area contributed by atoms with Crippen molar-refractivity contribution in [1.29, 1.82) is 0 Å². The Labute approximate surface area is 138 Å². The van der Waals surface area contributed by atoms with Gasteiger partial charge in [0, 0.05) is 12.1 Å². The molecule has 2 rings (SSSR count). The van der Waals surface area contributed by atoms with Crippen molar-refractivity contribution in [2.75, 3.05) is 0 Å². The van der Waals surface area contributed by atoms with Gasteiger partial charge in [-0.05, 0) is 6.92 Å². The minimum Gasteiger partial charge on any atom is -0.351 e. The molecule has 0 aliphatic carbocycles. The molecule has 120 valence electrons. The van der Waals surface area contributed by atoms with Crippen molar-refractivity contribution in [1.82, 2.24) is 20.1 Å². The summed E-state index contributed by atoms with van der Waals surface area (Å²) in [5.41, 5.74) is 5.88. The van der Waals surface area contributed by atoms with E-state index in [1.807, 2.05) is 34.9 Å². The number of nitrogens with two attached hydrogens (primary N) is 1. The number of carbonyl (C=O) groups is 2. The van der Waals surface area contributed by atoms with Crippen molar-refractivity contribution in [3.05, 3.63) is 43.0 Å². The van der Waals surface area contributed by atoms with Crippen LogP contribution in [0.4, 0.5) is 4.79 Å². The van der Waals surface area contributed by atoms with E-state index in [0.717, 1.165) is 5.56 Å². The summed E-state index contributed by atoms with van der Waals surface area (Å²) in [6, 6.07) is 8.74. The molecule has 1 aromatic heterocycles. The van der Waals surface area contributed by atoms with Gasteiger partial charge in [0.25, 0.3) is 0 Å². The van der Waals surface area contributed by atoms with Crippen LogP contribution in [0.3, 0.4) is 0 Å². The predicted molar refractivity (Wildman–Crippen MR) is 88.7 cm³/mol. The first-order valence-electron chi connectivity index (χ1n) is 6.89. The Bertz CT molecular complexity index is 714. The van der Waals surface area contributed by atoms with Gasteiger partial charge in [0.05, 0.1) is 5.25 Å². The zero-order valence-electron chi connectivity index (χ0n) is 12.6. The van der Waals surface area contributed by atoms with Gasteiger partial charge in [-0.3, -0.25) is 14.7 Å². The van der Waals surface area contributed by atoms with Crippen LogP contribution in [0.1, 0.15) is 6.92 Å². The van der Waals surface area contributed by atoms with Crippen molar-refractivity contribution in [2.45, 2.75) is 23.9 Å². The number of benzene rings is 1. The summed E-state index contributed by atoms with van der Waals surface area (Å²) >= 11 is 1.20. The van der Waals surface area contributed by atoms with Crippen LogP contribution in [0.25, 0.3) is 11.4 Å². The van der Waals surface area contributed by atoms with E-state index in [0.29, 0.717) is 17.5 Å². The summed E-state index contributed by atoms with van der Waals surface area (Å²) in [5, 5.41) is 10.4. The molecule has 0 fully saturated rings. The SMILES string of the molecule is C=CCn1c(S[C@@H](C)C(=O)NC(N)=O)nnc1-c1ccccc1. The van der Waals surface area contributed by atoms with Crippen LogP contribution in [-0.2, 0) is 11.3 Å². The molecule has 0 unspecified atom stereocenters. The maximum absolute atomic E-state index is 11.8. The molecule has 1 atom stereocenters. The second-order valence-corrected chi connectivity index (χ2v) is 5.99. The number of imide groups is 1. The highest BCUT2D eigenvalue weighted by Crippen LogP contribution is 2.26. The van der Waals surface area contributed by atoms with Crippen LogP contribution in [0, 0.1) is 0 Å². The highest BCUT2D eigenvalue weighted by Gasteiger charge is 2.21. The fraction of sp³-hybridized carbons (Fsp3) is 0.200. The number of primary amides is 1. The van der Waals surface area contributed by atoms with Gasteiger partial charge in [0.2, 0.25) is 5.91 Å². The van der Waals surface area contributed by atoms with Crippen LogP contribution in [0.15, 0.2) is 48.1 Å². The molecule has 8 heteroatoms. The van der Waals surface area contributed by atoms with Crippen molar-refractivity contribution in [2.24, 2.45) is 5.73 Å². The summed E-state index contributed by atoms with van der Waals surface area (Å²) < 4.78 is 1.86. The molecule has 0 radical (unpaired) electrons. The number of nitrogens with zero attached hydrogens (tertiary/aromatic N) is 3. The van der Waals surface area contributed by atoms with Gasteiger partial charge in [-0.2, -0.15) is 0 Å². The van der Waals surface area contributed by atoms with Gasteiger partial charge >= 0.3 is 6.03 Å². The third kappa shape index (κ3) is 4.19. The predicted octanol–water partition coefficient (Wildman–Crippen LogP) is 1.81. The van der Waals surface area contributed by atoms with Gasteiger partial charge in [0.1, 0.15) is 0 Å². The number of aromatic nitrogens is 3. The molecule has 0 aliphatic rings. The standard InChI is InChI=1S/C15H17N5O2S/c1-3-9-20-12(11-7-5-4-6-8-11)18-19-15(20)23-10(2)13(21)17-14(16)22/h3-8,10H,1,9H2,2H3,(H3,16,17,21,22)/t10-/m0/s1. The largest absolute Gasteiger partial charge is 0.351 e. The van der Waals surface area contributed by atoms with E-state index >= 15 is 0 Å². The number of hydrogen-bond donors (Lipinski definition) is 2. The highest BCUT2D eigenvalue weighted by molar-refractivity contribution is 8.00. The molecule has 0 spiro atoms. The highest BCUT2D eigenvalue weighted by atomic mass is 32.2. The Balaban J connectivity index is 2.26. The minimum atomic E-state index is -0.875. The second-order valence-electron chi connectivity index (χ2n) is 4.69. The first kappa shape index (κ1) is 16.8. The molecule has 7 nitrogen and oxygen atoms in total. The average Bonchev–Trinajstić information content (AvgIpc) is 2.90. The number of thioether (sulfide) groups is 1. The molecular weight excluding hydrogens is 314 g/mol. The molecule has 1 aromatic carbocycles. The van der Waals surface area contributed by atoms with E-state index in [2.05, 4.69) is 22.1 Å². The van der Waals surface area contributed by atoms with E-state index in [1.165, 1.54) is 11.8 Å². The van der Waals surface area contributed by atoms with Gasteiger partial charge in [-0.1, -0.05) is 48.2 Å². The Morgan fingerprint density at radius 3 is 2.70 bits per heavy atom. The third-order valence-electron chi connectivity index (χ3n) is 2.96. The monoisotopic (exact) mass is 331 g/mol. The van der Waals surface area contributed by atoms with Gasteiger partial charge in [-0.15, -0.1) is 16.8 Å². The summed E-state index contributed by atoms with van der Waals surface area (Å²) in [4.78, 5) is 22.6. The Morgan fingerprint density at radius 2 is 2.09 bits per heavy atom. The molecule has 3 N–H and O–H groups in total. The Hall–Kier alpha value is -2.61. The maximum atomic E-state index is 11.8. The second kappa shape index (κ2) is 7.59. The molecule has 2 aromatic rings. The summed E-state index contributed by atoms with van der Waals surface area (Å²) in [6.45, 7) is 5.91. The molecule has 0 aliphatic heterocycles. The van der Waals surface area contributed by atoms with Gasteiger partial charge in [0.15, 0.2) is 11.0 Å². The lowest BCUT2D eigenvalue weighted by molar-refractivity contribution is -0.119. The van der Waals surface area contributed by atoms with Crippen LogP contribution in [-0.4, -0.2) is 32.0 Å². The lowest BCUT2D eigenvalue weighted by atomic mass is 10.2. The number of carbonyl (C=O) groups excluding carboxylic acids is 2. The van der Waals surface area contributed by atoms with Crippen molar-refractivity contribution < 1.29 is 9.59 Å². The quantitative estimate of drug-likeness (QED) is 0.620. The van der Waals surface area contributed by atoms with E-state index in [-0.39, 0.29) is 0 Å². The maximum Gasteiger partial charge on any atom is 0.318 e. The first-order chi connectivity index (χ1) is 11.0. The molecular formula is C15H17N5O2S. The number of nitrogens with one attached hydrogen (secondary N) is 1. The molecule has 0 bridgehead atoms. The number of urea groups is 1. The molecule has 23 heavy (non-hydrogen) atoms. The van der Waals surface area contributed by atoms with Gasteiger partial charge in [-0.25, -0.2) is 4.79 Å².